The number of hydrogen-bond donors (Lipinski definition) is 2. The summed E-state index contributed by atoms with van der Waals surface area (Å²) in [6, 6.07) is 13.7. The number of aromatic nitrogens is 3. The fourth-order valence-electron chi connectivity index (χ4n) is 5.66. The van der Waals surface area contributed by atoms with Crippen LogP contribution < -0.4 is 10.1 Å². The van der Waals surface area contributed by atoms with Crippen LogP contribution in [-0.4, -0.2) is 66.4 Å². The highest BCUT2D eigenvalue weighted by molar-refractivity contribution is 7.18. The third-order valence-electron chi connectivity index (χ3n) is 7.99. The zero-order valence-electron chi connectivity index (χ0n) is 25.2. The summed E-state index contributed by atoms with van der Waals surface area (Å²) >= 11 is 1.43. The molecule has 1 amide bonds. The first kappa shape index (κ1) is 30.6. The number of carbonyl (C=O) groups is 1. The second-order valence-electron chi connectivity index (χ2n) is 11.1. The molecule has 6 rings (SSSR count). The minimum atomic E-state index is -0.787. The number of likely N-dealkylation sites (N-methyl/N-ethyl adjacent to an activating group) is 1. The molecular formula is C34H33F2N5O3S. The Hall–Kier alpha value is -4.45. The van der Waals surface area contributed by atoms with E-state index in [0.717, 1.165) is 34.8 Å². The van der Waals surface area contributed by atoms with Crippen molar-refractivity contribution in [1.82, 2.24) is 25.4 Å². The number of methoxy groups -OCH3 is 1. The van der Waals surface area contributed by atoms with Crippen LogP contribution in [0.2, 0.25) is 0 Å². The number of rotatable bonds is 11. The van der Waals surface area contributed by atoms with Gasteiger partial charge in [-0.05, 0) is 43.1 Å². The predicted octanol–water partition coefficient (Wildman–Crippen LogP) is 6.72. The molecule has 1 atom stereocenters. The van der Waals surface area contributed by atoms with Crippen LogP contribution in [-0.2, 0) is 9.53 Å². The number of likely N-dealkylation sites (tertiary alicyclic amines) is 1. The molecule has 2 N–H and O–H groups in total. The predicted molar refractivity (Wildman–Crippen MR) is 172 cm³/mol. The van der Waals surface area contributed by atoms with E-state index in [9.17, 15) is 9.18 Å². The molecule has 232 valence electrons. The summed E-state index contributed by atoms with van der Waals surface area (Å²) in [5.74, 6) is -1.34. The average molecular weight is 630 g/mol. The highest BCUT2D eigenvalue weighted by Crippen LogP contribution is 2.47. The Labute approximate surface area is 263 Å². The molecule has 3 aromatic heterocycles. The standard InChI is InChI=1S/C34H33F2N5O3S/c1-5-29(42)37-19(2)26-16-27(40-39-26)33-31(30-25(36)14-23(35)15-28(30)44-12-11-43-4)34-24(10-13-45-34)32(38-33)21-8-6-20(7-9-21)22-17-41(3)18-22/h5-10,13-16,19,22H,1,11-12,17-18H2,2-4H3,(H,37,42)(H,39,40). The van der Waals surface area contributed by atoms with Crippen LogP contribution in [0.3, 0.4) is 0 Å². The van der Waals surface area contributed by atoms with Gasteiger partial charge in [0.2, 0.25) is 5.91 Å². The van der Waals surface area contributed by atoms with Gasteiger partial charge in [-0.2, -0.15) is 5.10 Å². The number of H-pyrrole nitrogens is 1. The molecular weight excluding hydrogens is 596 g/mol. The van der Waals surface area contributed by atoms with Gasteiger partial charge in [-0.15, -0.1) is 11.3 Å². The molecule has 4 heterocycles. The summed E-state index contributed by atoms with van der Waals surface area (Å²) in [7, 11) is 3.63. The quantitative estimate of drug-likeness (QED) is 0.125. The van der Waals surface area contributed by atoms with Gasteiger partial charge in [-0.3, -0.25) is 9.89 Å². The molecule has 45 heavy (non-hydrogen) atoms. The Kier molecular flexibility index (Phi) is 8.75. The summed E-state index contributed by atoms with van der Waals surface area (Å²) in [6.45, 7) is 7.70. The maximum Gasteiger partial charge on any atom is 0.243 e. The van der Waals surface area contributed by atoms with Crippen LogP contribution in [0.1, 0.15) is 30.1 Å². The Balaban J connectivity index is 1.54. The molecule has 1 fully saturated rings. The smallest absolute Gasteiger partial charge is 0.243 e. The van der Waals surface area contributed by atoms with Crippen molar-refractivity contribution in [2.45, 2.75) is 18.9 Å². The SMILES string of the molecule is C=CC(=O)NC(C)c1cc(-c2nc(-c3ccc(C4CN(C)C4)cc3)c3ccsc3c2-c2c(F)cc(F)cc2OCCOC)n[nH]1. The van der Waals surface area contributed by atoms with E-state index < -0.39 is 17.7 Å². The van der Waals surface area contributed by atoms with Crippen molar-refractivity contribution in [3.05, 3.63) is 89.5 Å². The molecule has 2 aromatic carbocycles. The largest absolute Gasteiger partial charge is 0.490 e. The van der Waals surface area contributed by atoms with Crippen molar-refractivity contribution in [3.8, 4) is 39.5 Å². The van der Waals surface area contributed by atoms with Gasteiger partial charge in [0.05, 0.1) is 29.6 Å². The van der Waals surface area contributed by atoms with E-state index in [1.54, 1.807) is 6.07 Å². The fraction of sp³-hybridized carbons (Fsp3) is 0.265. The number of thiophene rings is 1. The maximum atomic E-state index is 15.9. The summed E-state index contributed by atoms with van der Waals surface area (Å²) in [5, 5.41) is 13.1. The molecule has 1 saturated heterocycles. The molecule has 5 aromatic rings. The fourth-order valence-corrected chi connectivity index (χ4v) is 6.60. The Morgan fingerprint density at radius 3 is 2.64 bits per heavy atom. The normalized spacial score (nSPS) is 14.3. The van der Waals surface area contributed by atoms with Gasteiger partial charge in [0.25, 0.3) is 0 Å². The van der Waals surface area contributed by atoms with E-state index in [-0.39, 0.29) is 30.4 Å². The van der Waals surface area contributed by atoms with Crippen molar-refractivity contribution in [2.75, 3.05) is 40.5 Å². The van der Waals surface area contributed by atoms with Crippen molar-refractivity contribution in [2.24, 2.45) is 0 Å². The third kappa shape index (κ3) is 6.11. The van der Waals surface area contributed by atoms with Crippen LogP contribution in [0.4, 0.5) is 8.78 Å². The topological polar surface area (TPSA) is 92.4 Å². The monoisotopic (exact) mass is 629 g/mol. The van der Waals surface area contributed by atoms with Gasteiger partial charge >= 0.3 is 0 Å². The third-order valence-corrected chi connectivity index (χ3v) is 8.92. The minimum absolute atomic E-state index is 0.0345. The summed E-state index contributed by atoms with van der Waals surface area (Å²) < 4.78 is 42.2. The lowest BCUT2D eigenvalue weighted by molar-refractivity contribution is -0.117. The molecule has 1 unspecified atom stereocenters. The molecule has 0 saturated carbocycles. The molecule has 0 spiro atoms. The summed E-state index contributed by atoms with van der Waals surface area (Å²) in [6.07, 6.45) is 1.20. The molecule has 0 aliphatic carbocycles. The molecule has 1 aliphatic rings. The second kappa shape index (κ2) is 12.9. The molecule has 1 aliphatic heterocycles. The number of fused-ring (bicyclic) bond motifs is 1. The maximum absolute atomic E-state index is 15.9. The molecule has 11 heteroatoms. The first-order valence-corrected chi connectivity index (χ1v) is 15.4. The van der Waals surface area contributed by atoms with Crippen molar-refractivity contribution < 1.29 is 23.0 Å². The van der Waals surface area contributed by atoms with Crippen LogP contribution >= 0.6 is 11.3 Å². The number of aromatic amines is 1. The number of ether oxygens (including phenoxy) is 2. The number of halogens is 2. The lowest BCUT2D eigenvalue weighted by Gasteiger charge is -2.36. The lowest BCUT2D eigenvalue weighted by Crippen LogP contribution is -2.41. The first-order valence-electron chi connectivity index (χ1n) is 14.6. The van der Waals surface area contributed by atoms with Crippen molar-refractivity contribution in [1.29, 1.82) is 0 Å². The second-order valence-corrected chi connectivity index (χ2v) is 12.0. The van der Waals surface area contributed by atoms with E-state index in [1.165, 1.54) is 36.2 Å². The van der Waals surface area contributed by atoms with Gasteiger partial charge in [0, 0.05) is 59.5 Å². The van der Waals surface area contributed by atoms with E-state index in [4.69, 9.17) is 14.5 Å². The number of amides is 1. The van der Waals surface area contributed by atoms with Crippen LogP contribution in [0.5, 0.6) is 5.75 Å². The highest BCUT2D eigenvalue weighted by Gasteiger charge is 2.28. The zero-order chi connectivity index (χ0) is 31.7. The van der Waals surface area contributed by atoms with Crippen LogP contribution in [0, 0.1) is 11.6 Å². The molecule has 0 radical (unpaired) electrons. The number of nitrogens with zero attached hydrogens (tertiary/aromatic N) is 3. The Bertz CT molecular complexity index is 1860. The van der Waals surface area contributed by atoms with E-state index in [2.05, 4.69) is 58.3 Å². The highest BCUT2D eigenvalue weighted by atomic mass is 32.1. The van der Waals surface area contributed by atoms with Crippen molar-refractivity contribution in [3.63, 3.8) is 0 Å². The lowest BCUT2D eigenvalue weighted by atomic mass is 9.90. The van der Waals surface area contributed by atoms with Gasteiger partial charge in [0.1, 0.15) is 35.4 Å². The molecule has 0 bridgehead atoms. The van der Waals surface area contributed by atoms with Crippen LogP contribution in [0.15, 0.2) is 66.6 Å². The summed E-state index contributed by atoms with van der Waals surface area (Å²) in [5.41, 5.74) is 4.83. The number of benzene rings is 2. The average Bonchev–Trinajstić information content (AvgIpc) is 3.70. The Morgan fingerprint density at radius 1 is 1.16 bits per heavy atom. The number of pyridine rings is 1. The van der Waals surface area contributed by atoms with Gasteiger partial charge in [-0.25, -0.2) is 13.8 Å². The summed E-state index contributed by atoms with van der Waals surface area (Å²) in [4.78, 5) is 19.4. The number of nitrogens with one attached hydrogen (secondary N) is 2. The van der Waals surface area contributed by atoms with Gasteiger partial charge in [0.15, 0.2) is 0 Å². The molecule has 8 nitrogen and oxygen atoms in total. The minimum Gasteiger partial charge on any atom is -0.490 e. The van der Waals surface area contributed by atoms with E-state index in [0.29, 0.717) is 34.3 Å². The zero-order valence-corrected chi connectivity index (χ0v) is 26.0. The van der Waals surface area contributed by atoms with Crippen LogP contribution in [0.25, 0.3) is 43.9 Å². The van der Waals surface area contributed by atoms with Crippen molar-refractivity contribution >= 4 is 27.3 Å². The van der Waals surface area contributed by atoms with Gasteiger partial charge < -0.3 is 19.7 Å². The Morgan fingerprint density at radius 2 is 1.93 bits per heavy atom. The number of hydrogen-bond acceptors (Lipinski definition) is 7. The first-order chi connectivity index (χ1) is 21.8. The number of carbonyl (C=O) groups excluding carboxylic acids is 1. The van der Waals surface area contributed by atoms with E-state index >= 15 is 4.39 Å². The van der Waals surface area contributed by atoms with Gasteiger partial charge in [-0.1, -0.05) is 30.8 Å². The van der Waals surface area contributed by atoms with E-state index in [1.807, 2.05) is 18.4 Å².